The van der Waals surface area contributed by atoms with Crippen molar-refractivity contribution in [3.05, 3.63) is 97.2 Å². The van der Waals surface area contributed by atoms with E-state index in [2.05, 4.69) is 118 Å². The highest BCUT2D eigenvalue weighted by atomic mass is 16.6. The first-order valence-corrected chi connectivity index (χ1v) is 28.7. The first kappa shape index (κ1) is 65.3. The molecule has 0 fully saturated rings. The molecule has 0 spiro atoms. The molecule has 0 rings (SSSR count). The van der Waals surface area contributed by atoms with E-state index < -0.39 is 6.10 Å². The molecule has 0 aromatic carbocycles. The van der Waals surface area contributed by atoms with Crippen LogP contribution in [0, 0.1) is 0 Å². The number of esters is 3. The summed E-state index contributed by atoms with van der Waals surface area (Å²) >= 11 is 0. The van der Waals surface area contributed by atoms with Crippen molar-refractivity contribution in [3.63, 3.8) is 0 Å². The van der Waals surface area contributed by atoms with Crippen LogP contribution in [0.15, 0.2) is 97.2 Å². The van der Waals surface area contributed by atoms with Crippen molar-refractivity contribution >= 4 is 17.9 Å². The zero-order valence-corrected chi connectivity index (χ0v) is 45.0. The average molecular weight is 960 g/mol. The molecule has 0 aliphatic carbocycles. The normalized spacial score (nSPS) is 12.8. The summed E-state index contributed by atoms with van der Waals surface area (Å²) < 4.78 is 16.8. The number of unbranched alkanes of at least 4 members (excludes halogenated alkanes) is 24. The van der Waals surface area contributed by atoms with Crippen LogP contribution in [0.4, 0.5) is 0 Å². The lowest BCUT2D eigenvalue weighted by atomic mass is 10.1. The van der Waals surface area contributed by atoms with Gasteiger partial charge in [0.2, 0.25) is 0 Å². The fourth-order valence-electron chi connectivity index (χ4n) is 7.74. The number of carbonyl (C=O) groups is 3. The molecule has 0 aromatic heterocycles. The standard InChI is InChI=1S/C63H106O6/c1-4-7-10-13-16-19-22-25-28-30-31-33-36-39-42-45-48-51-54-57-63(66)69-60(58-67-61(64)55-52-49-46-43-40-37-34-27-24-21-18-15-12-9-6-3)59-68-62(65)56-53-50-47-44-41-38-35-32-29-26-23-20-17-14-11-8-5-2/h8,11,16-17,19-21,24-26,28-29,35,38,44,47,60H,4-7,9-10,12-15,18,22-23,27,30-34,36-37,39-43,45-46,48-59H2,1-3H3/b11-8-,19-16-,20-17-,24-21-,28-25-,29-26-,38-35-,47-44-/t60-/m0/s1. The Morgan fingerprint density at radius 3 is 0.986 bits per heavy atom. The van der Waals surface area contributed by atoms with Gasteiger partial charge in [0.05, 0.1) is 0 Å². The minimum atomic E-state index is -0.806. The molecule has 69 heavy (non-hydrogen) atoms. The Hall–Kier alpha value is -3.67. The monoisotopic (exact) mass is 959 g/mol. The summed E-state index contributed by atoms with van der Waals surface area (Å²) in [4.78, 5) is 38.2. The summed E-state index contributed by atoms with van der Waals surface area (Å²) in [6, 6.07) is 0. The van der Waals surface area contributed by atoms with Crippen molar-refractivity contribution in [1.82, 2.24) is 0 Å². The van der Waals surface area contributed by atoms with Crippen molar-refractivity contribution in [2.45, 2.75) is 271 Å². The van der Waals surface area contributed by atoms with Crippen molar-refractivity contribution in [1.29, 1.82) is 0 Å². The van der Waals surface area contributed by atoms with Gasteiger partial charge < -0.3 is 14.2 Å². The van der Waals surface area contributed by atoms with Crippen LogP contribution in [0.2, 0.25) is 0 Å². The number of hydrogen-bond acceptors (Lipinski definition) is 6. The Bertz CT molecular complexity index is 1380. The molecule has 0 saturated carbocycles. The molecule has 0 N–H and O–H groups in total. The van der Waals surface area contributed by atoms with E-state index in [9.17, 15) is 14.4 Å². The van der Waals surface area contributed by atoms with Gasteiger partial charge >= 0.3 is 17.9 Å². The number of ether oxygens (including phenoxy) is 3. The molecule has 0 aromatic rings. The fraction of sp³-hybridized carbons (Fsp3) is 0.698. The molecular formula is C63H106O6. The van der Waals surface area contributed by atoms with Crippen LogP contribution in [-0.4, -0.2) is 37.2 Å². The van der Waals surface area contributed by atoms with Gasteiger partial charge in [0.1, 0.15) is 13.2 Å². The van der Waals surface area contributed by atoms with Gasteiger partial charge in [0.15, 0.2) is 6.10 Å². The second-order valence-electron chi connectivity index (χ2n) is 18.8. The SMILES string of the molecule is CC/C=C\C/C=C\C/C=C\C/C=C\C/C=C\CCCC(=O)OC[C@H](COC(=O)CCCCCCCCC/C=C\CCCCCC)OC(=O)CCCCCCCCCCC/C=C\C/C=C\CCCCC. The van der Waals surface area contributed by atoms with Crippen molar-refractivity contribution < 1.29 is 28.6 Å². The Morgan fingerprint density at radius 2 is 0.580 bits per heavy atom. The van der Waals surface area contributed by atoms with Crippen molar-refractivity contribution in [2.75, 3.05) is 13.2 Å². The Kier molecular flexibility index (Phi) is 53.9. The summed E-state index contributed by atoms with van der Waals surface area (Å²) in [6.45, 7) is 6.44. The van der Waals surface area contributed by atoms with E-state index in [1.807, 2.05) is 0 Å². The molecule has 0 bridgehead atoms. The summed E-state index contributed by atoms with van der Waals surface area (Å²) in [5.74, 6) is -0.965. The predicted octanol–water partition coefficient (Wildman–Crippen LogP) is 19.3. The second kappa shape index (κ2) is 56.9. The Morgan fingerprint density at radius 1 is 0.304 bits per heavy atom. The molecule has 0 aliphatic rings. The van der Waals surface area contributed by atoms with Crippen LogP contribution in [0.3, 0.4) is 0 Å². The summed E-state index contributed by atoms with van der Waals surface area (Å²) in [5.41, 5.74) is 0. The molecule has 0 aliphatic heterocycles. The van der Waals surface area contributed by atoms with Crippen LogP contribution < -0.4 is 0 Å². The van der Waals surface area contributed by atoms with Gasteiger partial charge in [-0.3, -0.25) is 14.4 Å². The lowest BCUT2D eigenvalue weighted by Crippen LogP contribution is -2.30. The molecule has 0 unspecified atom stereocenters. The second-order valence-corrected chi connectivity index (χ2v) is 18.8. The van der Waals surface area contributed by atoms with E-state index in [4.69, 9.17) is 14.2 Å². The summed E-state index contributed by atoms with van der Waals surface area (Å²) in [6.07, 6.45) is 75.4. The molecule has 1 atom stereocenters. The maximum absolute atomic E-state index is 12.9. The molecular weight excluding hydrogens is 853 g/mol. The lowest BCUT2D eigenvalue weighted by molar-refractivity contribution is -0.167. The highest BCUT2D eigenvalue weighted by Crippen LogP contribution is 2.15. The number of rotatable bonds is 51. The van der Waals surface area contributed by atoms with E-state index in [0.717, 1.165) is 83.5 Å². The van der Waals surface area contributed by atoms with E-state index in [-0.39, 0.29) is 37.5 Å². The van der Waals surface area contributed by atoms with Crippen LogP contribution in [-0.2, 0) is 28.6 Å². The van der Waals surface area contributed by atoms with Crippen LogP contribution in [0.5, 0.6) is 0 Å². The molecule has 0 radical (unpaired) electrons. The fourth-order valence-corrected chi connectivity index (χ4v) is 7.74. The van der Waals surface area contributed by atoms with Gasteiger partial charge in [-0.25, -0.2) is 0 Å². The Balaban J connectivity index is 4.48. The Labute approximate surface area is 426 Å². The van der Waals surface area contributed by atoms with Gasteiger partial charge in [-0.05, 0) is 116 Å². The van der Waals surface area contributed by atoms with E-state index >= 15 is 0 Å². The molecule has 0 amide bonds. The third-order valence-corrected chi connectivity index (χ3v) is 12.0. The van der Waals surface area contributed by atoms with Crippen LogP contribution in [0.1, 0.15) is 265 Å². The first-order chi connectivity index (χ1) is 34.0. The van der Waals surface area contributed by atoms with Gasteiger partial charge in [-0.15, -0.1) is 0 Å². The lowest BCUT2D eigenvalue weighted by Gasteiger charge is -2.18. The van der Waals surface area contributed by atoms with E-state index in [1.54, 1.807) is 0 Å². The minimum Gasteiger partial charge on any atom is -0.462 e. The first-order valence-electron chi connectivity index (χ1n) is 28.7. The highest BCUT2D eigenvalue weighted by molar-refractivity contribution is 5.71. The zero-order valence-electron chi connectivity index (χ0n) is 45.0. The minimum absolute atomic E-state index is 0.0993. The highest BCUT2D eigenvalue weighted by Gasteiger charge is 2.19. The summed E-state index contributed by atoms with van der Waals surface area (Å²) in [7, 11) is 0. The quantitative estimate of drug-likeness (QED) is 0.0262. The van der Waals surface area contributed by atoms with E-state index in [0.29, 0.717) is 19.3 Å². The number of carbonyl (C=O) groups excluding carboxylic acids is 3. The van der Waals surface area contributed by atoms with E-state index in [1.165, 1.54) is 135 Å². The van der Waals surface area contributed by atoms with Crippen molar-refractivity contribution in [3.8, 4) is 0 Å². The van der Waals surface area contributed by atoms with Gasteiger partial charge in [-0.1, -0.05) is 227 Å². The molecule has 0 heterocycles. The molecule has 6 nitrogen and oxygen atoms in total. The van der Waals surface area contributed by atoms with Gasteiger partial charge in [0, 0.05) is 19.3 Å². The predicted molar refractivity (Wildman–Crippen MR) is 297 cm³/mol. The molecule has 6 heteroatoms. The van der Waals surface area contributed by atoms with Gasteiger partial charge in [-0.2, -0.15) is 0 Å². The number of allylic oxidation sites excluding steroid dienone is 16. The van der Waals surface area contributed by atoms with Crippen LogP contribution in [0.25, 0.3) is 0 Å². The smallest absolute Gasteiger partial charge is 0.306 e. The van der Waals surface area contributed by atoms with Crippen molar-refractivity contribution in [2.24, 2.45) is 0 Å². The maximum atomic E-state index is 12.9. The third-order valence-electron chi connectivity index (χ3n) is 12.0. The van der Waals surface area contributed by atoms with Crippen LogP contribution >= 0.6 is 0 Å². The molecule has 394 valence electrons. The summed E-state index contributed by atoms with van der Waals surface area (Å²) in [5, 5.41) is 0. The van der Waals surface area contributed by atoms with Gasteiger partial charge in [0.25, 0.3) is 0 Å². The number of hydrogen-bond donors (Lipinski definition) is 0. The maximum Gasteiger partial charge on any atom is 0.306 e. The topological polar surface area (TPSA) is 78.9 Å². The zero-order chi connectivity index (χ0) is 50.0. The largest absolute Gasteiger partial charge is 0.462 e. The molecule has 0 saturated heterocycles. The average Bonchev–Trinajstić information content (AvgIpc) is 3.35. The third kappa shape index (κ3) is 55.1.